The monoisotopic (exact) mass is 269 g/mol. The molecule has 1 atom stereocenters. The van der Waals surface area contributed by atoms with Gasteiger partial charge in [0.1, 0.15) is 0 Å². The minimum Gasteiger partial charge on any atom is -0.346 e. The van der Waals surface area contributed by atoms with Gasteiger partial charge in [-0.25, -0.2) is 4.98 Å². The van der Waals surface area contributed by atoms with E-state index in [1.807, 2.05) is 0 Å². The second-order valence-electron chi connectivity index (χ2n) is 5.77. The third kappa shape index (κ3) is 4.58. The first-order valence-corrected chi connectivity index (χ1v) is 7.71. The highest BCUT2D eigenvalue weighted by atomic mass is 32.1. The lowest BCUT2D eigenvalue weighted by Crippen LogP contribution is -2.35. The molecule has 4 heteroatoms. The lowest BCUT2D eigenvalue weighted by Gasteiger charge is -2.26. The maximum atomic E-state index is 4.74. The number of thiazole rings is 1. The van der Waals surface area contributed by atoms with Gasteiger partial charge in [0.15, 0.2) is 5.13 Å². The maximum Gasteiger partial charge on any atom is 0.185 e. The van der Waals surface area contributed by atoms with E-state index in [1.165, 1.54) is 0 Å². The summed E-state index contributed by atoms with van der Waals surface area (Å²) < 4.78 is 0. The van der Waals surface area contributed by atoms with E-state index in [0.717, 1.165) is 30.3 Å². The molecule has 1 unspecified atom stereocenters. The molecule has 1 N–H and O–H groups in total. The molecule has 1 aromatic heterocycles. The molecule has 0 aliphatic carbocycles. The first-order valence-electron chi connectivity index (χ1n) is 6.83. The number of hydrogen-bond acceptors (Lipinski definition) is 4. The predicted octanol–water partition coefficient (Wildman–Crippen LogP) is 3.66. The van der Waals surface area contributed by atoms with Gasteiger partial charge in [-0.15, -0.1) is 11.3 Å². The van der Waals surface area contributed by atoms with Gasteiger partial charge in [0, 0.05) is 30.1 Å². The van der Waals surface area contributed by atoms with Gasteiger partial charge in [-0.2, -0.15) is 0 Å². The van der Waals surface area contributed by atoms with Crippen LogP contribution in [0, 0.1) is 0 Å². The van der Waals surface area contributed by atoms with Crippen molar-refractivity contribution in [3.63, 3.8) is 0 Å². The van der Waals surface area contributed by atoms with Gasteiger partial charge in [0.05, 0.1) is 5.69 Å². The van der Waals surface area contributed by atoms with Crippen molar-refractivity contribution >= 4 is 16.5 Å². The maximum absolute atomic E-state index is 4.74. The standard InChI is InChI=1S/C14H27N3S/c1-7-11(3)17(8-2)13-16-12(10-18-13)9-15-14(4,5)6/h10-11,15H,7-9H2,1-6H3. The van der Waals surface area contributed by atoms with Crippen LogP contribution in [0.5, 0.6) is 0 Å². The van der Waals surface area contributed by atoms with Gasteiger partial charge < -0.3 is 10.2 Å². The first kappa shape index (κ1) is 15.4. The third-order valence-electron chi connectivity index (χ3n) is 3.05. The molecular weight excluding hydrogens is 242 g/mol. The molecule has 1 heterocycles. The van der Waals surface area contributed by atoms with Crippen molar-refractivity contribution in [3.05, 3.63) is 11.1 Å². The molecule has 1 rings (SSSR count). The minimum atomic E-state index is 0.144. The van der Waals surface area contributed by atoms with Crippen molar-refractivity contribution in [1.82, 2.24) is 10.3 Å². The zero-order valence-corrected chi connectivity index (χ0v) is 13.4. The van der Waals surface area contributed by atoms with E-state index >= 15 is 0 Å². The van der Waals surface area contributed by atoms with Crippen LogP contribution in [-0.2, 0) is 6.54 Å². The number of rotatable bonds is 6. The van der Waals surface area contributed by atoms with E-state index < -0.39 is 0 Å². The fraction of sp³-hybridized carbons (Fsp3) is 0.786. The quantitative estimate of drug-likeness (QED) is 0.854. The van der Waals surface area contributed by atoms with E-state index in [1.54, 1.807) is 11.3 Å². The number of aromatic nitrogens is 1. The highest BCUT2D eigenvalue weighted by molar-refractivity contribution is 7.13. The van der Waals surface area contributed by atoms with Gasteiger partial charge in [-0.1, -0.05) is 6.92 Å². The number of nitrogens with zero attached hydrogens (tertiary/aromatic N) is 2. The van der Waals surface area contributed by atoms with E-state index in [-0.39, 0.29) is 5.54 Å². The summed E-state index contributed by atoms with van der Waals surface area (Å²) in [6.45, 7) is 15.1. The van der Waals surface area contributed by atoms with Gasteiger partial charge in [0.2, 0.25) is 0 Å². The molecule has 1 aromatic rings. The Labute approximate surface area is 116 Å². The second kappa shape index (κ2) is 6.53. The fourth-order valence-corrected chi connectivity index (χ4v) is 2.71. The molecule has 104 valence electrons. The average molecular weight is 269 g/mol. The molecule has 0 aliphatic heterocycles. The minimum absolute atomic E-state index is 0.144. The number of nitrogens with one attached hydrogen (secondary N) is 1. The van der Waals surface area contributed by atoms with E-state index in [0.29, 0.717) is 6.04 Å². The third-order valence-corrected chi connectivity index (χ3v) is 3.98. The van der Waals surface area contributed by atoms with Crippen LogP contribution in [0.25, 0.3) is 0 Å². The summed E-state index contributed by atoms with van der Waals surface area (Å²) in [6, 6.07) is 0.560. The van der Waals surface area contributed by atoms with Crippen LogP contribution in [0.3, 0.4) is 0 Å². The smallest absolute Gasteiger partial charge is 0.185 e. The Hall–Kier alpha value is -0.610. The van der Waals surface area contributed by atoms with Crippen molar-refractivity contribution in [1.29, 1.82) is 0 Å². The summed E-state index contributed by atoms with van der Waals surface area (Å²) in [5.74, 6) is 0. The van der Waals surface area contributed by atoms with Crippen molar-refractivity contribution < 1.29 is 0 Å². The molecule has 0 amide bonds. The zero-order chi connectivity index (χ0) is 13.8. The average Bonchev–Trinajstić information content (AvgIpc) is 2.75. The molecule has 0 radical (unpaired) electrons. The fourth-order valence-electron chi connectivity index (χ4n) is 1.72. The molecule has 0 bridgehead atoms. The second-order valence-corrected chi connectivity index (χ2v) is 6.60. The normalized spacial score (nSPS) is 13.7. The Balaban J connectivity index is 2.67. The van der Waals surface area contributed by atoms with Crippen LogP contribution in [0.2, 0.25) is 0 Å². The van der Waals surface area contributed by atoms with Crippen molar-refractivity contribution in [2.75, 3.05) is 11.4 Å². The summed E-state index contributed by atoms with van der Waals surface area (Å²) in [6.07, 6.45) is 1.16. The van der Waals surface area contributed by atoms with Crippen molar-refractivity contribution in [2.45, 2.75) is 66.1 Å². The predicted molar refractivity (Wildman–Crippen MR) is 81.5 cm³/mol. The highest BCUT2D eigenvalue weighted by Crippen LogP contribution is 2.23. The first-order chi connectivity index (χ1) is 8.37. The zero-order valence-electron chi connectivity index (χ0n) is 12.6. The van der Waals surface area contributed by atoms with Gasteiger partial charge >= 0.3 is 0 Å². The Bertz CT molecular complexity index is 354. The largest absolute Gasteiger partial charge is 0.346 e. The van der Waals surface area contributed by atoms with Crippen LogP contribution >= 0.6 is 11.3 Å². The topological polar surface area (TPSA) is 28.2 Å². The van der Waals surface area contributed by atoms with E-state index in [9.17, 15) is 0 Å². The summed E-state index contributed by atoms with van der Waals surface area (Å²) in [5.41, 5.74) is 1.29. The van der Waals surface area contributed by atoms with Crippen LogP contribution in [0.15, 0.2) is 5.38 Å². The Morgan fingerprint density at radius 3 is 2.56 bits per heavy atom. The number of anilines is 1. The molecule has 0 spiro atoms. The Morgan fingerprint density at radius 2 is 2.06 bits per heavy atom. The summed E-state index contributed by atoms with van der Waals surface area (Å²) in [7, 11) is 0. The molecule has 18 heavy (non-hydrogen) atoms. The molecule has 0 saturated heterocycles. The summed E-state index contributed by atoms with van der Waals surface area (Å²) >= 11 is 1.75. The highest BCUT2D eigenvalue weighted by Gasteiger charge is 2.15. The summed E-state index contributed by atoms with van der Waals surface area (Å²) in [5, 5.41) is 6.79. The molecule has 0 aliphatic rings. The lowest BCUT2D eigenvalue weighted by molar-refractivity contribution is 0.422. The molecule has 0 saturated carbocycles. The molecule has 0 aromatic carbocycles. The molecule has 3 nitrogen and oxygen atoms in total. The van der Waals surface area contributed by atoms with Crippen molar-refractivity contribution in [3.8, 4) is 0 Å². The van der Waals surface area contributed by atoms with Crippen LogP contribution in [0.1, 0.15) is 53.7 Å². The van der Waals surface area contributed by atoms with Crippen LogP contribution < -0.4 is 10.2 Å². The van der Waals surface area contributed by atoms with Crippen LogP contribution in [0.4, 0.5) is 5.13 Å². The molecule has 0 fully saturated rings. The molecular formula is C14H27N3S. The van der Waals surface area contributed by atoms with Gasteiger partial charge in [-0.3, -0.25) is 0 Å². The van der Waals surface area contributed by atoms with Crippen LogP contribution in [-0.4, -0.2) is 23.1 Å². The Kier molecular flexibility index (Phi) is 5.60. The van der Waals surface area contributed by atoms with E-state index in [4.69, 9.17) is 4.98 Å². The SMILES string of the molecule is CCC(C)N(CC)c1nc(CNC(C)(C)C)cs1. The van der Waals surface area contributed by atoms with Gasteiger partial charge in [-0.05, 0) is 41.0 Å². The van der Waals surface area contributed by atoms with Gasteiger partial charge in [0.25, 0.3) is 0 Å². The lowest BCUT2D eigenvalue weighted by atomic mass is 10.1. The van der Waals surface area contributed by atoms with Crippen molar-refractivity contribution in [2.24, 2.45) is 0 Å². The Morgan fingerprint density at radius 1 is 1.39 bits per heavy atom. The van der Waals surface area contributed by atoms with E-state index in [2.05, 4.69) is 57.1 Å². The summed E-state index contributed by atoms with van der Waals surface area (Å²) in [4.78, 5) is 7.12. The number of hydrogen-bond donors (Lipinski definition) is 1.